The van der Waals surface area contributed by atoms with E-state index >= 15 is 0 Å². The van der Waals surface area contributed by atoms with E-state index < -0.39 is 0 Å². The lowest BCUT2D eigenvalue weighted by atomic mass is 10.1. The van der Waals surface area contributed by atoms with E-state index in [0.29, 0.717) is 6.42 Å². The topological polar surface area (TPSA) is 54.5 Å². The van der Waals surface area contributed by atoms with E-state index in [2.05, 4.69) is 4.98 Å². The molecule has 4 heteroatoms. The van der Waals surface area contributed by atoms with Gasteiger partial charge in [0.15, 0.2) is 0 Å². The van der Waals surface area contributed by atoms with Crippen molar-refractivity contribution in [2.75, 3.05) is 20.8 Å². The minimum absolute atomic E-state index is 0.128. The number of ether oxygens (including phenoxy) is 2. The molecule has 0 aliphatic carbocycles. The molecule has 92 valence electrons. The fourth-order valence-electron chi connectivity index (χ4n) is 2.17. The molecule has 0 aliphatic heterocycles. The Balaban J connectivity index is 2.71. The average Bonchev–Trinajstić information content (AvgIpc) is 2.65. The van der Waals surface area contributed by atoms with Crippen LogP contribution < -0.4 is 9.47 Å². The molecule has 0 fully saturated rings. The summed E-state index contributed by atoms with van der Waals surface area (Å²) in [5, 5.41) is 10.1. The number of rotatable bonds is 4. The first-order chi connectivity index (χ1) is 8.21. The molecule has 17 heavy (non-hydrogen) atoms. The van der Waals surface area contributed by atoms with Crippen LogP contribution in [0.2, 0.25) is 0 Å². The Morgan fingerprint density at radius 3 is 2.59 bits per heavy atom. The maximum atomic E-state index is 9.11. The quantitative estimate of drug-likeness (QED) is 0.852. The van der Waals surface area contributed by atoms with Gasteiger partial charge in [-0.3, -0.25) is 0 Å². The van der Waals surface area contributed by atoms with Gasteiger partial charge in [-0.05, 0) is 18.9 Å². The van der Waals surface area contributed by atoms with E-state index in [4.69, 9.17) is 14.6 Å². The highest BCUT2D eigenvalue weighted by atomic mass is 16.5. The normalized spacial score (nSPS) is 10.8. The summed E-state index contributed by atoms with van der Waals surface area (Å²) in [4.78, 5) is 3.29. The van der Waals surface area contributed by atoms with Gasteiger partial charge in [0.25, 0.3) is 0 Å². The van der Waals surface area contributed by atoms with Crippen LogP contribution in [0.15, 0.2) is 12.1 Å². The second-order valence-electron chi connectivity index (χ2n) is 3.95. The third-order valence-corrected chi connectivity index (χ3v) is 2.97. The van der Waals surface area contributed by atoms with Crippen molar-refractivity contribution in [3.63, 3.8) is 0 Å². The Morgan fingerprint density at radius 2 is 2.00 bits per heavy atom. The molecule has 0 atom stereocenters. The van der Waals surface area contributed by atoms with E-state index in [9.17, 15) is 0 Å². The van der Waals surface area contributed by atoms with Crippen molar-refractivity contribution >= 4 is 10.9 Å². The first-order valence-electron chi connectivity index (χ1n) is 5.55. The number of benzene rings is 1. The summed E-state index contributed by atoms with van der Waals surface area (Å²) in [6.45, 7) is 2.12. The molecule has 0 saturated heterocycles. The first-order valence-corrected chi connectivity index (χ1v) is 5.55. The molecule has 1 aromatic heterocycles. The Kier molecular flexibility index (Phi) is 3.24. The molecule has 0 amide bonds. The van der Waals surface area contributed by atoms with Crippen molar-refractivity contribution in [1.82, 2.24) is 4.98 Å². The summed E-state index contributed by atoms with van der Waals surface area (Å²) in [6.07, 6.45) is 0.620. The zero-order valence-electron chi connectivity index (χ0n) is 10.3. The zero-order chi connectivity index (χ0) is 12.4. The van der Waals surface area contributed by atoms with Crippen molar-refractivity contribution in [3.8, 4) is 11.5 Å². The van der Waals surface area contributed by atoms with Gasteiger partial charge < -0.3 is 19.6 Å². The van der Waals surface area contributed by atoms with Crippen LogP contribution in [-0.4, -0.2) is 30.9 Å². The monoisotopic (exact) mass is 235 g/mol. The van der Waals surface area contributed by atoms with Gasteiger partial charge in [-0.25, -0.2) is 0 Å². The molecule has 2 N–H and O–H groups in total. The number of aryl methyl sites for hydroxylation is 1. The third-order valence-electron chi connectivity index (χ3n) is 2.97. The molecule has 0 unspecified atom stereocenters. The number of fused-ring (bicyclic) bond motifs is 1. The number of aliphatic hydroxyl groups is 1. The highest BCUT2D eigenvalue weighted by molar-refractivity contribution is 5.91. The lowest BCUT2D eigenvalue weighted by molar-refractivity contribution is 0.299. The van der Waals surface area contributed by atoms with Gasteiger partial charge in [-0.15, -0.1) is 0 Å². The van der Waals surface area contributed by atoms with E-state index in [1.165, 1.54) is 0 Å². The molecule has 1 heterocycles. The predicted octanol–water partition coefficient (Wildman–Crippen LogP) is 2.03. The zero-order valence-corrected chi connectivity index (χ0v) is 10.3. The largest absolute Gasteiger partial charge is 0.497 e. The van der Waals surface area contributed by atoms with Gasteiger partial charge in [-0.2, -0.15) is 0 Å². The van der Waals surface area contributed by atoms with Gasteiger partial charge in [0.2, 0.25) is 0 Å². The summed E-state index contributed by atoms with van der Waals surface area (Å²) < 4.78 is 10.6. The van der Waals surface area contributed by atoms with Crippen LogP contribution in [0.4, 0.5) is 0 Å². The molecule has 0 spiro atoms. The number of methoxy groups -OCH3 is 2. The SMILES string of the molecule is COc1cc(OC)c2c(CCO)c(C)[nH]c2c1. The standard InChI is InChI=1S/C13H17NO3/c1-8-10(4-5-15)13-11(14-8)6-9(16-2)7-12(13)17-3/h6-7,14-15H,4-5H2,1-3H3. The number of hydrogen-bond donors (Lipinski definition) is 2. The lowest BCUT2D eigenvalue weighted by Crippen LogP contribution is -1.93. The summed E-state index contributed by atoms with van der Waals surface area (Å²) in [7, 11) is 3.27. The van der Waals surface area contributed by atoms with E-state index in [1.54, 1.807) is 14.2 Å². The van der Waals surface area contributed by atoms with E-state index in [0.717, 1.165) is 33.7 Å². The van der Waals surface area contributed by atoms with E-state index in [-0.39, 0.29) is 6.61 Å². The highest BCUT2D eigenvalue weighted by Crippen LogP contribution is 2.35. The Bertz CT molecular complexity index is 531. The van der Waals surface area contributed by atoms with Gasteiger partial charge in [0, 0.05) is 29.8 Å². The average molecular weight is 235 g/mol. The van der Waals surface area contributed by atoms with Crippen LogP contribution in [0.5, 0.6) is 11.5 Å². The van der Waals surface area contributed by atoms with Crippen molar-refractivity contribution in [2.24, 2.45) is 0 Å². The predicted molar refractivity (Wildman–Crippen MR) is 66.9 cm³/mol. The Labute approximate surface area is 100 Å². The van der Waals surface area contributed by atoms with Crippen LogP contribution >= 0.6 is 0 Å². The summed E-state index contributed by atoms with van der Waals surface area (Å²) in [5.74, 6) is 1.53. The fraction of sp³-hybridized carbons (Fsp3) is 0.385. The number of aliphatic hydroxyl groups excluding tert-OH is 1. The number of nitrogens with one attached hydrogen (secondary N) is 1. The number of aromatic amines is 1. The van der Waals surface area contributed by atoms with Crippen molar-refractivity contribution in [3.05, 3.63) is 23.4 Å². The van der Waals surface area contributed by atoms with Crippen LogP contribution in [0.3, 0.4) is 0 Å². The second-order valence-corrected chi connectivity index (χ2v) is 3.95. The molecular formula is C13H17NO3. The number of aromatic nitrogens is 1. The molecule has 0 aliphatic rings. The first kappa shape index (κ1) is 11.8. The molecule has 2 rings (SSSR count). The van der Waals surface area contributed by atoms with Gasteiger partial charge in [0.05, 0.1) is 19.7 Å². The van der Waals surface area contributed by atoms with Crippen molar-refractivity contribution in [2.45, 2.75) is 13.3 Å². The fourth-order valence-corrected chi connectivity index (χ4v) is 2.17. The lowest BCUT2D eigenvalue weighted by Gasteiger charge is -2.07. The molecule has 0 saturated carbocycles. The van der Waals surface area contributed by atoms with Gasteiger partial charge >= 0.3 is 0 Å². The number of H-pyrrole nitrogens is 1. The molecule has 0 radical (unpaired) electrons. The van der Waals surface area contributed by atoms with Crippen LogP contribution in [0.1, 0.15) is 11.3 Å². The van der Waals surface area contributed by atoms with Crippen LogP contribution in [0, 0.1) is 6.92 Å². The molecule has 4 nitrogen and oxygen atoms in total. The summed E-state index contributed by atoms with van der Waals surface area (Å²) in [6, 6.07) is 3.79. The Hall–Kier alpha value is -1.68. The summed E-state index contributed by atoms with van der Waals surface area (Å²) in [5.41, 5.74) is 3.13. The molecular weight excluding hydrogens is 218 g/mol. The summed E-state index contributed by atoms with van der Waals surface area (Å²) >= 11 is 0. The second kappa shape index (κ2) is 4.67. The minimum atomic E-state index is 0.128. The maximum absolute atomic E-state index is 9.11. The van der Waals surface area contributed by atoms with Gasteiger partial charge in [0.1, 0.15) is 11.5 Å². The number of hydrogen-bond acceptors (Lipinski definition) is 3. The molecule has 0 bridgehead atoms. The van der Waals surface area contributed by atoms with Gasteiger partial charge in [-0.1, -0.05) is 0 Å². The van der Waals surface area contributed by atoms with Crippen LogP contribution in [0.25, 0.3) is 10.9 Å². The maximum Gasteiger partial charge on any atom is 0.132 e. The minimum Gasteiger partial charge on any atom is -0.497 e. The van der Waals surface area contributed by atoms with Crippen molar-refractivity contribution in [1.29, 1.82) is 0 Å². The molecule has 2 aromatic rings. The third kappa shape index (κ3) is 1.96. The highest BCUT2D eigenvalue weighted by Gasteiger charge is 2.14. The van der Waals surface area contributed by atoms with Crippen molar-refractivity contribution < 1.29 is 14.6 Å². The smallest absolute Gasteiger partial charge is 0.132 e. The Morgan fingerprint density at radius 1 is 1.24 bits per heavy atom. The van der Waals surface area contributed by atoms with E-state index in [1.807, 2.05) is 19.1 Å². The molecule has 1 aromatic carbocycles. The van der Waals surface area contributed by atoms with Crippen LogP contribution in [-0.2, 0) is 6.42 Å².